The van der Waals surface area contributed by atoms with Gasteiger partial charge in [-0.2, -0.15) is 5.10 Å². The van der Waals surface area contributed by atoms with E-state index in [1.165, 1.54) is 0 Å². The highest BCUT2D eigenvalue weighted by molar-refractivity contribution is 5.85. The molecule has 0 radical (unpaired) electrons. The number of aldehydes is 1. The third-order valence-corrected chi connectivity index (χ3v) is 2.69. The monoisotopic (exact) mass is 232 g/mol. The fourth-order valence-corrected chi connectivity index (χ4v) is 1.90. The molecule has 0 aliphatic carbocycles. The Morgan fingerprint density at radius 3 is 2.41 bits per heavy atom. The highest BCUT2D eigenvalue weighted by atomic mass is 19.1. The van der Waals surface area contributed by atoms with Crippen LogP contribution >= 0.6 is 0 Å². The van der Waals surface area contributed by atoms with Crippen LogP contribution in [-0.4, -0.2) is 16.1 Å². The maximum atomic E-state index is 13.5. The molecule has 0 aliphatic rings. The summed E-state index contributed by atoms with van der Waals surface area (Å²) >= 11 is 0. The fraction of sp³-hybridized carbons (Fsp3) is 0.231. The van der Waals surface area contributed by atoms with Crippen molar-refractivity contribution in [3.05, 3.63) is 40.8 Å². The predicted molar refractivity (Wildman–Crippen MR) is 63.5 cm³/mol. The van der Waals surface area contributed by atoms with Gasteiger partial charge in [0.25, 0.3) is 0 Å². The van der Waals surface area contributed by atoms with Crippen molar-refractivity contribution in [1.29, 1.82) is 0 Å². The van der Waals surface area contributed by atoms with Crippen molar-refractivity contribution >= 4 is 6.29 Å². The Kier molecular flexibility index (Phi) is 2.79. The molecule has 0 N–H and O–H groups in total. The number of halogens is 1. The molecular weight excluding hydrogens is 219 g/mol. The second-order valence-electron chi connectivity index (χ2n) is 4.15. The Morgan fingerprint density at radius 2 is 1.88 bits per heavy atom. The third-order valence-electron chi connectivity index (χ3n) is 2.69. The second-order valence-corrected chi connectivity index (χ2v) is 4.15. The summed E-state index contributed by atoms with van der Waals surface area (Å²) in [7, 11) is 1.75. The molecular formula is C13H13FN2O. The van der Waals surface area contributed by atoms with Crippen LogP contribution in [0, 0.1) is 19.7 Å². The number of hydrogen-bond acceptors (Lipinski definition) is 2. The molecule has 1 heterocycles. The van der Waals surface area contributed by atoms with Gasteiger partial charge in [0.05, 0.1) is 5.56 Å². The molecule has 0 saturated heterocycles. The van der Waals surface area contributed by atoms with Gasteiger partial charge in [-0.25, -0.2) is 4.39 Å². The molecule has 1 aromatic carbocycles. The zero-order valence-corrected chi connectivity index (χ0v) is 9.99. The van der Waals surface area contributed by atoms with Gasteiger partial charge in [0.2, 0.25) is 0 Å². The topological polar surface area (TPSA) is 34.9 Å². The van der Waals surface area contributed by atoms with E-state index in [0.29, 0.717) is 22.4 Å². The van der Waals surface area contributed by atoms with Crippen LogP contribution in [0.5, 0.6) is 0 Å². The van der Waals surface area contributed by atoms with Crippen molar-refractivity contribution in [3.63, 3.8) is 0 Å². The van der Waals surface area contributed by atoms with E-state index in [1.54, 1.807) is 43.9 Å². The highest BCUT2D eigenvalue weighted by Crippen LogP contribution is 2.25. The Bertz CT molecular complexity index is 564. The van der Waals surface area contributed by atoms with Gasteiger partial charge in [0.1, 0.15) is 11.5 Å². The summed E-state index contributed by atoms with van der Waals surface area (Å²) in [6.45, 7) is 3.41. The zero-order chi connectivity index (χ0) is 12.6. The average molecular weight is 232 g/mol. The van der Waals surface area contributed by atoms with Gasteiger partial charge in [-0.15, -0.1) is 0 Å². The molecule has 2 rings (SSSR count). The Morgan fingerprint density at radius 1 is 1.29 bits per heavy atom. The number of aromatic nitrogens is 2. The lowest BCUT2D eigenvalue weighted by Crippen LogP contribution is -1.93. The summed E-state index contributed by atoms with van der Waals surface area (Å²) in [4.78, 5) is 10.9. The van der Waals surface area contributed by atoms with Crippen LogP contribution in [-0.2, 0) is 7.05 Å². The lowest BCUT2D eigenvalue weighted by atomic mass is 10.0. The Labute approximate surface area is 98.9 Å². The first-order valence-corrected chi connectivity index (χ1v) is 5.29. The van der Waals surface area contributed by atoms with E-state index >= 15 is 0 Å². The quantitative estimate of drug-likeness (QED) is 0.746. The van der Waals surface area contributed by atoms with Gasteiger partial charge in [-0.3, -0.25) is 9.48 Å². The van der Waals surface area contributed by atoms with E-state index in [0.717, 1.165) is 11.8 Å². The first-order valence-electron chi connectivity index (χ1n) is 5.29. The van der Waals surface area contributed by atoms with Gasteiger partial charge >= 0.3 is 0 Å². The number of nitrogens with zero attached hydrogens (tertiary/aromatic N) is 2. The molecule has 0 saturated carbocycles. The van der Waals surface area contributed by atoms with Gasteiger partial charge in [-0.05, 0) is 37.1 Å². The maximum absolute atomic E-state index is 13.5. The SMILES string of the molecule is Cc1cc(-c2nn(C)cc2C=O)cc(C)c1F. The van der Waals surface area contributed by atoms with Crippen LogP contribution < -0.4 is 0 Å². The maximum Gasteiger partial charge on any atom is 0.153 e. The number of carbonyl (C=O) groups excluding carboxylic acids is 1. The lowest BCUT2D eigenvalue weighted by Gasteiger charge is -2.05. The predicted octanol–water partition coefficient (Wildman–Crippen LogP) is 2.66. The minimum Gasteiger partial charge on any atom is -0.298 e. The molecule has 3 nitrogen and oxygen atoms in total. The second kappa shape index (κ2) is 4.13. The van der Waals surface area contributed by atoms with Crippen LogP contribution in [0.3, 0.4) is 0 Å². The molecule has 1 aromatic heterocycles. The number of hydrogen-bond donors (Lipinski definition) is 0. The minimum absolute atomic E-state index is 0.211. The van der Waals surface area contributed by atoms with E-state index in [2.05, 4.69) is 5.10 Å². The number of rotatable bonds is 2. The normalized spacial score (nSPS) is 10.6. The molecule has 0 fully saturated rings. The van der Waals surface area contributed by atoms with Crippen molar-refractivity contribution in [3.8, 4) is 11.3 Å². The fourth-order valence-electron chi connectivity index (χ4n) is 1.90. The van der Waals surface area contributed by atoms with Crippen LogP contribution in [0.25, 0.3) is 11.3 Å². The highest BCUT2D eigenvalue weighted by Gasteiger charge is 2.12. The minimum atomic E-state index is -0.211. The molecule has 0 amide bonds. The van der Waals surface area contributed by atoms with Gasteiger partial charge in [-0.1, -0.05) is 0 Å². The number of benzene rings is 1. The summed E-state index contributed by atoms with van der Waals surface area (Å²) in [6.07, 6.45) is 2.41. The Balaban J connectivity index is 2.64. The van der Waals surface area contributed by atoms with E-state index in [4.69, 9.17) is 0 Å². The molecule has 88 valence electrons. The molecule has 0 spiro atoms. The third kappa shape index (κ3) is 1.98. The van der Waals surface area contributed by atoms with Gasteiger partial charge in [0, 0.05) is 18.8 Å². The van der Waals surface area contributed by atoms with E-state index in [-0.39, 0.29) is 5.82 Å². The number of carbonyl (C=O) groups is 1. The molecule has 0 atom stereocenters. The van der Waals surface area contributed by atoms with Crippen LogP contribution in [0.4, 0.5) is 4.39 Å². The Hall–Kier alpha value is -1.97. The van der Waals surface area contributed by atoms with Gasteiger partial charge in [0.15, 0.2) is 6.29 Å². The van der Waals surface area contributed by atoms with E-state index in [1.807, 2.05) is 0 Å². The standard InChI is InChI=1S/C13H13FN2O/c1-8-4-10(5-9(2)12(8)14)13-11(7-17)6-16(3)15-13/h4-7H,1-3H3. The van der Waals surface area contributed by atoms with Crippen molar-refractivity contribution in [1.82, 2.24) is 9.78 Å². The molecule has 0 aliphatic heterocycles. The van der Waals surface area contributed by atoms with Gasteiger partial charge < -0.3 is 0 Å². The average Bonchev–Trinajstić information content (AvgIpc) is 2.66. The van der Waals surface area contributed by atoms with Crippen LogP contribution in [0.1, 0.15) is 21.5 Å². The van der Waals surface area contributed by atoms with Crippen molar-refractivity contribution in [2.75, 3.05) is 0 Å². The van der Waals surface area contributed by atoms with Crippen molar-refractivity contribution in [2.24, 2.45) is 7.05 Å². The molecule has 0 bridgehead atoms. The largest absolute Gasteiger partial charge is 0.298 e. The molecule has 4 heteroatoms. The summed E-state index contributed by atoms with van der Waals surface area (Å²) in [5, 5.41) is 4.23. The molecule has 0 unspecified atom stereocenters. The lowest BCUT2D eigenvalue weighted by molar-refractivity contribution is 0.112. The summed E-state index contributed by atoms with van der Waals surface area (Å²) in [5.74, 6) is -0.211. The van der Waals surface area contributed by atoms with Crippen LogP contribution in [0.15, 0.2) is 18.3 Å². The zero-order valence-electron chi connectivity index (χ0n) is 9.99. The van der Waals surface area contributed by atoms with E-state index in [9.17, 15) is 9.18 Å². The molecule has 17 heavy (non-hydrogen) atoms. The summed E-state index contributed by atoms with van der Waals surface area (Å²) < 4.78 is 15.1. The first kappa shape index (κ1) is 11.5. The molecule has 2 aromatic rings. The first-order chi connectivity index (χ1) is 8.02. The smallest absolute Gasteiger partial charge is 0.153 e. The summed E-state index contributed by atoms with van der Waals surface area (Å²) in [6, 6.07) is 3.41. The van der Waals surface area contributed by atoms with E-state index < -0.39 is 0 Å². The van der Waals surface area contributed by atoms with Crippen molar-refractivity contribution in [2.45, 2.75) is 13.8 Å². The van der Waals surface area contributed by atoms with Crippen molar-refractivity contribution < 1.29 is 9.18 Å². The summed E-state index contributed by atoms with van der Waals surface area (Å²) in [5.41, 5.74) is 2.99. The van der Waals surface area contributed by atoms with Crippen LogP contribution in [0.2, 0.25) is 0 Å². The number of aryl methyl sites for hydroxylation is 3.